The summed E-state index contributed by atoms with van der Waals surface area (Å²) in [5, 5.41) is 0. The summed E-state index contributed by atoms with van der Waals surface area (Å²) in [6.07, 6.45) is 1.39. The van der Waals surface area contributed by atoms with Crippen LogP contribution in [0.5, 0.6) is 0 Å². The minimum absolute atomic E-state index is 0.0244. The second-order valence-electron chi connectivity index (χ2n) is 5.98. The average molecular weight is 287 g/mol. The highest BCUT2D eigenvalue weighted by atomic mass is 16.5. The van der Waals surface area contributed by atoms with Gasteiger partial charge in [0.25, 0.3) is 0 Å². The van der Waals surface area contributed by atoms with Crippen molar-refractivity contribution < 1.29 is 9.53 Å². The Morgan fingerprint density at radius 2 is 2.14 bits per heavy atom. The van der Waals surface area contributed by atoms with Crippen molar-refractivity contribution in [1.29, 1.82) is 0 Å². The quantitative estimate of drug-likeness (QED) is 0.877. The number of hydrogen-bond acceptors (Lipinski definition) is 4. The van der Waals surface area contributed by atoms with Gasteiger partial charge in [0, 0.05) is 13.0 Å². The SMILES string of the molecule is Cc1cc2nc(CN(C)C[C@@H]3CCC(=O)O3)[nH]c2cc1C. The average Bonchev–Trinajstić information content (AvgIpc) is 2.96. The number of aromatic amines is 1. The lowest BCUT2D eigenvalue weighted by Gasteiger charge is -2.18. The molecule has 0 radical (unpaired) electrons. The Kier molecular flexibility index (Phi) is 3.68. The first-order chi connectivity index (χ1) is 10.0. The van der Waals surface area contributed by atoms with Crippen LogP contribution in [0.2, 0.25) is 0 Å². The van der Waals surface area contributed by atoms with E-state index in [-0.39, 0.29) is 12.1 Å². The summed E-state index contributed by atoms with van der Waals surface area (Å²) in [7, 11) is 2.02. The molecule has 3 rings (SSSR count). The molecule has 5 heteroatoms. The van der Waals surface area contributed by atoms with Crippen molar-refractivity contribution in [2.75, 3.05) is 13.6 Å². The molecule has 0 unspecified atom stereocenters. The summed E-state index contributed by atoms with van der Waals surface area (Å²) in [6, 6.07) is 4.25. The minimum Gasteiger partial charge on any atom is -0.461 e. The van der Waals surface area contributed by atoms with Crippen molar-refractivity contribution in [2.45, 2.75) is 39.3 Å². The van der Waals surface area contributed by atoms with Gasteiger partial charge in [-0.25, -0.2) is 4.98 Å². The Morgan fingerprint density at radius 3 is 2.86 bits per heavy atom. The third kappa shape index (κ3) is 3.08. The molecule has 0 amide bonds. The second-order valence-corrected chi connectivity index (χ2v) is 5.98. The first-order valence-electron chi connectivity index (χ1n) is 7.35. The predicted octanol–water partition coefficient (Wildman–Crippen LogP) is 2.32. The lowest BCUT2D eigenvalue weighted by Crippen LogP contribution is -2.29. The van der Waals surface area contributed by atoms with Crippen LogP contribution in [-0.4, -0.2) is 40.5 Å². The number of rotatable bonds is 4. The number of H-pyrrole nitrogens is 1. The van der Waals surface area contributed by atoms with E-state index in [1.54, 1.807) is 0 Å². The first kappa shape index (κ1) is 14.1. The van der Waals surface area contributed by atoms with Crippen LogP contribution >= 0.6 is 0 Å². The minimum atomic E-state index is -0.0805. The highest BCUT2D eigenvalue weighted by Crippen LogP contribution is 2.19. The van der Waals surface area contributed by atoms with Crippen molar-refractivity contribution >= 4 is 17.0 Å². The highest BCUT2D eigenvalue weighted by molar-refractivity contribution is 5.77. The fourth-order valence-electron chi connectivity index (χ4n) is 2.78. The number of esters is 1. The van der Waals surface area contributed by atoms with Gasteiger partial charge in [-0.1, -0.05) is 0 Å². The molecule has 1 N–H and O–H groups in total. The second kappa shape index (κ2) is 5.48. The number of carbonyl (C=O) groups is 1. The molecule has 1 aliphatic heterocycles. The lowest BCUT2D eigenvalue weighted by molar-refractivity contribution is -0.141. The zero-order valence-electron chi connectivity index (χ0n) is 12.8. The van der Waals surface area contributed by atoms with Crippen LogP contribution in [0.15, 0.2) is 12.1 Å². The van der Waals surface area contributed by atoms with Crippen LogP contribution in [0.3, 0.4) is 0 Å². The summed E-state index contributed by atoms with van der Waals surface area (Å²) in [5.41, 5.74) is 4.61. The Bertz CT molecular complexity index is 638. The normalized spacial score (nSPS) is 18.7. The number of aromatic nitrogens is 2. The maximum atomic E-state index is 11.1. The summed E-state index contributed by atoms with van der Waals surface area (Å²) in [4.78, 5) is 21.3. The molecule has 1 atom stereocenters. The van der Waals surface area contributed by atoms with E-state index in [4.69, 9.17) is 4.74 Å². The molecule has 1 aliphatic rings. The summed E-state index contributed by atoms with van der Waals surface area (Å²) >= 11 is 0. The summed E-state index contributed by atoms with van der Waals surface area (Å²) in [5.74, 6) is 0.866. The van der Waals surface area contributed by atoms with Crippen LogP contribution in [0.25, 0.3) is 11.0 Å². The van der Waals surface area contributed by atoms with Crippen molar-refractivity contribution in [3.63, 3.8) is 0 Å². The van der Waals surface area contributed by atoms with E-state index in [0.717, 1.165) is 36.4 Å². The van der Waals surface area contributed by atoms with E-state index < -0.39 is 0 Å². The Labute approximate surface area is 124 Å². The van der Waals surface area contributed by atoms with Gasteiger partial charge in [-0.15, -0.1) is 0 Å². The number of nitrogens with one attached hydrogen (secondary N) is 1. The van der Waals surface area contributed by atoms with Crippen molar-refractivity contribution in [2.24, 2.45) is 0 Å². The largest absolute Gasteiger partial charge is 0.461 e. The van der Waals surface area contributed by atoms with Gasteiger partial charge in [-0.05, 0) is 50.6 Å². The number of likely N-dealkylation sites (N-methyl/N-ethyl adjacent to an activating group) is 1. The monoisotopic (exact) mass is 287 g/mol. The standard InChI is InChI=1S/C16H21N3O2/c1-10-6-13-14(7-11(10)2)18-15(17-13)9-19(3)8-12-4-5-16(20)21-12/h6-7,12H,4-5,8-9H2,1-3H3,(H,17,18)/t12-/m0/s1. The van der Waals surface area contributed by atoms with E-state index >= 15 is 0 Å². The molecular formula is C16H21N3O2. The topological polar surface area (TPSA) is 58.2 Å². The molecule has 2 heterocycles. The van der Waals surface area contributed by atoms with Crippen LogP contribution in [-0.2, 0) is 16.1 Å². The van der Waals surface area contributed by atoms with Crippen LogP contribution in [0, 0.1) is 13.8 Å². The predicted molar refractivity (Wildman–Crippen MR) is 81.0 cm³/mol. The van der Waals surface area contributed by atoms with Gasteiger partial charge in [0.05, 0.1) is 17.6 Å². The molecule has 21 heavy (non-hydrogen) atoms. The number of imidazole rings is 1. The third-order valence-electron chi connectivity index (χ3n) is 4.05. The Morgan fingerprint density at radius 1 is 1.38 bits per heavy atom. The van der Waals surface area contributed by atoms with E-state index in [9.17, 15) is 4.79 Å². The fraction of sp³-hybridized carbons (Fsp3) is 0.500. The van der Waals surface area contributed by atoms with Gasteiger partial charge in [-0.2, -0.15) is 0 Å². The van der Waals surface area contributed by atoms with Gasteiger partial charge in [0.15, 0.2) is 0 Å². The molecule has 1 saturated heterocycles. The molecule has 1 aromatic heterocycles. The number of aryl methyl sites for hydroxylation is 2. The van der Waals surface area contributed by atoms with E-state index in [0.29, 0.717) is 6.42 Å². The number of benzene rings is 1. The van der Waals surface area contributed by atoms with Crippen molar-refractivity contribution in [3.05, 3.63) is 29.1 Å². The van der Waals surface area contributed by atoms with Crippen LogP contribution in [0.1, 0.15) is 29.8 Å². The van der Waals surface area contributed by atoms with E-state index in [2.05, 4.69) is 40.8 Å². The molecule has 1 fully saturated rings. The van der Waals surface area contributed by atoms with E-state index in [1.165, 1.54) is 11.1 Å². The number of cyclic esters (lactones) is 1. The third-order valence-corrected chi connectivity index (χ3v) is 4.05. The van der Waals surface area contributed by atoms with Crippen LogP contribution < -0.4 is 0 Å². The number of fused-ring (bicyclic) bond motifs is 1. The molecular weight excluding hydrogens is 266 g/mol. The van der Waals surface area contributed by atoms with E-state index in [1.807, 2.05) is 7.05 Å². The lowest BCUT2D eigenvalue weighted by atomic mass is 10.1. The molecule has 112 valence electrons. The summed E-state index contributed by atoms with van der Waals surface area (Å²) < 4.78 is 5.25. The molecule has 0 bridgehead atoms. The maximum absolute atomic E-state index is 11.1. The summed E-state index contributed by atoms with van der Waals surface area (Å²) in [6.45, 7) is 5.68. The first-order valence-corrected chi connectivity index (χ1v) is 7.35. The molecule has 0 spiro atoms. The molecule has 2 aromatic rings. The molecule has 5 nitrogen and oxygen atoms in total. The van der Waals surface area contributed by atoms with Crippen molar-refractivity contribution in [3.8, 4) is 0 Å². The maximum Gasteiger partial charge on any atom is 0.306 e. The molecule has 1 aromatic carbocycles. The zero-order valence-corrected chi connectivity index (χ0v) is 12.8. The Hall–Kier alpha value is -1.88. The molecule has 0 saturated carbocycles. The Balaban J connectivity index is 1.68. The number of hydrogen-bond donors (Lipinski definition) is 1. The van der Waals surface area contributed by atoms with Gasteiger partial charge < -0.3 is 9.72 Å². The van der Waals surface area contributed by atoms with Gasteiger partial charge in [-0.3, -0.25) is 9.69 Å². The van der Waals surface area contributed by atoms with Gasteiger partial charge in [0.1, 0.15) is 11.9 Å². The van der Waals surface area contributed by atoms with Crippen LogP contribution in [0.4, 0.5) is 0 Å². The number of carbonyl (C=O) groups excluding carboxylic acids is 1. The number of ether oxygens (including phenoxy) is 1. The fourth-order valence-corrected chi connectivity index (χ4v) is 2.78. The van der Waals surface area contributed by atoms with Gasteiger partial charge in [0.2, 0.25) is 0 Å². The molecule has 0 aliphatic carbocycles. The smallest absolute Gasteiger partial charge is 0.306 e. The van der Waals surface area contributed by atoms with Gasteiger partial charge >= 0.3 is 5.97 Å². The van der Waals surface area contributed by atoms with Crippen molar-refractivity contribution in [1.82, 2.24) is 14.9 Å². The number of nitrogens with zero attached hydrogens (tertiary/aromatic N) is 2. The zero-order chi connectivity index (χ0) is 15.0. The highest BCUT2D eigenvalue weighted by Gasteiger charge is 2.24.